The van der Waals surface area contributed by atoms with Crippen LogP contribution in [0.4, 0.5) is 0 Å². The third-order valence-corrected chi connectivity index (χ3v) is 5.23. The highest BCUT2D eigenvalue weighted by atomic mass is 35.5. The number of benzene rings is 1. The van der Waals surface area contributed by atoms with Gasteiger partial charge in [0.05, 0.1) is 12.9 Å². The summed E-state index contributed by atoms with van der Waals surface area (Å²) in [6.45, 7) is 1.04. The van der Waals surface area contributed by atoms with Gasteiger partial charge in [-0.05, 0) is 30.5 Å². The molecule has 114 valence electrons. The lowest BCUT2D eigenvalue weighted by atomic mass is 10.1. The molecule has 1 aliphatic heterocycles. The Balaban J connectivity index is 0.00000200. The van der Waals surface area contributed by atoms with Gasteiger partial charge in [0.25, 0.3) is 0 Å². The van der Waals surface area contributed by atoms with Crippen LogP contribution in [0.2, 0.25) is 0 Å². The Hall–Kier alpha value is -0.820. The van der Waals surface area contributed by atoms with E-state index in [1.807, 2.05) is 0 Å². The Kier molecular flexibility index (Phi) is 6.26. The second kappa shape index (κ2) is 7.26. The fourth-order valence-corrected chi connectivity index (χ4v) is 3.77. The van der Waals surface area contributed by atoms with E-state index in [1.165, 1.54) is 4.31 Å². The minimum Gasteiger partial charge on any atom is -0.497 e. The molecule has 20 heavy (non-hydrogen) atoms. The zero-order chi connectivity index (χ0) is 13.9. The molecule has 0 amide bonds. The lowest BCUT2D eigenvalue weighted by Gasteiger charge is -2.29. The van der Waals surface area contributed by atoms with E-state index in [-0.39, 0.29) is 24.2 Å². The highest BCUT2D eigenvalue weighted by Gasteiger charge is 2.26. The van der Waals surface area contributed by atoms with Crippen LogP contribution in [0.3, 0.4) is 0 Å². The van der Waals surface area contributed by atoms with E-state index in [9.17, 15) is 8.42 Å². The Labute approximate surface area is 126 Å². The van der Waals surface area contributed by atoms with Crippen molar-refractivity contribution in [2.75, 3.05) is 20.2 Å². The number of piperidine rings is 1. The molecule has 0 radical (unpaired) electrons. The summed E-state index contributed by atoms with van der Waals surface area (Å²) in [7, 11) is -1.69. The monoisotopic (exact) mass is 320 g/mol. The number of nitrogens with two attached hydrogens (primary N) is 1. The zero-order valence-corrected chi connectivity index (χ0v) is 13.1. The average molecular weight is 321 g/mol. The van der Waals surface area contributed by atoms with Crippen molar-refractivity contribution in [3.8, 4) is 5.75 Å². The number of halogens is 1. The van der Waals surface area contributed by atoms with E-state index in [2.05, 4.69) is 0 Å². The van der Waals surface area contributed by atoms with Crippen molar-refractivity contribution in [3.05, 3.63) is 29.8 Å². The molecule has 0 aromatic heterocycles. The van der Waals surface area contributed by atoms with Gasteiger partial charge in [0, 0.05) is 19.1 Å². The van der Waals surface area contributed by atoms with Crippen molar-refractivity contribution in [2.24, 2.45) is 5.73 Å². The molecule has 0 bridgehead atoms. The van der Waals surface area contributed by atoms with Gasteiger partial charge < -0.3 is 10.5 Å². The number of hydrogen-bond acceptors (Lipinski definition) is 4. The molecule has 0 aliphatic carbocycles. The van der Waals surface area contributed by atoms with Gasteiger partial charge in [0.1, 0.15) is 5.75 Å². The van der Waals surface area contributed by atoms with E-state index < -0.39 is 10.0 Å². The van der Waals surface area contributed by atoms with Crippen LogP contribution in [-0.2, 0) is 15.8 Å². The molecule has 5 nitrogen and oxygen atoms in total. The van der Waals surface area contributed by atoms with Gasteiger partial charge in [-0.2, -0.15) is 0 Å². The van der Waals surface area contributed by atoms with E-state index >= 15 is 0 Å². The summed E-state index contributed by atoms with van der Waals surface area (Å²) in [5.41, 5.74) is 6.54. The van der Waals surface area contributed by atoms with Crippen LogP contribution in [0.25, 0.3) is 0 Å². The lowest BCUT2D eigenvalue weighted by molar-refractivity contribution is 0.319. The van der Waals surface area contributed by atoms with Gasteiger partial charge in [0.15, 0.2) is 0 Å². The molecule has 2 rings (SSSR count). The summed E-state index contributed by atoms with van der Waals surface area (Å²) in [5, 5.41) is 0. The fraction of sp³-hybridized carbons (Fsp3) is 0.538. The Morgan fingerprint density at radius 3 is 2.60 bits per heavy atom. The smallest absolute Gasteiger partial charge is 0.218 e. The Bertz CT molecular complexity index is 528. The number of nitrogens with zero attached hydrogens (tertiary/aromatic N) is 1. The molecule has 2 N–H and O–H groups in total. The maximum absolute atomic E-state index is 12.3. The minimum atomic E-state index is -3.26. The normalized spacial score (nSPS) is 17.5. The number of rotatable bonds is 4. The lowest BCUT2D eigenvalue weighted by Crippen LogP contribution is -2.43. The first kappa shape index (κ1) is 17.2. The molecule has 0 unspecified atom stereocenters. The quantitative estimate of drug-likeness (QED) is 0.909. The predicted octanol–water partition coefficient (Wildman–Crippen LogP) is 1.37. The van der Waals surface area contributed by atoms with Gasteiger partial charge in [-0.15, -0.1) is 12.4 Å². The van der Waals surface area contributed by atoms with Crippen molar-refractivity contribution < 1.29 is 13.2 Å². The van der Waals surface area contributed by atoms with Crippen LogP contribution in [0, 0.1) is 0 Å². The molecule has 1 heterocycles. The molecule has 0 saturated carbocycles. The van der Waals surface area contributed by atoms with E-state index in [0.717, 1.165) is 18.4 Å². The second-order valence-electron chi connectivity index (χ2n) is 4.84. The largest absolute Gasteiger partial charge is 0.497 e. The summed E-state index contributed by atoms with van der Waals surface area (Å²) in [6.07, 6.45) is 1.47. The average Bonchev–Trinajstić information content (AvgIpc) is 2.39. The van der Waals surface area contributed by atoms with Crippen molar-refractivity contribution in [3.63, 3.8) is 0 Å². The molecular formula is C13H21ClN2O3S. The van der Waals surface area contributed by atoms with Crippen LogP contribution in [-0.4, -0.2) is 39.0 Å². The van der Waals surface area contributed by atoms with E-state index in [1.54, 1.807) is 31.4 Å². The van der Waals surface area contributed by atoms with Crippen molar-refractivity contribution in [2.45, 2.75) is 24.6 Å². The van der Waals surface area contributed by atoms with Crippen molar-refractivity contribution in [1.82, 2.24) is 4.31 Å². The maximum Gasteiger partial charge on any atom is 0.218 e. The number of sulfonamides is 1. The third kappa shape index (κ3) is 4.34. The van der Waals surface area contributed by atoms with Crippen LogP contribution < -0.4 is 10.5 Å². The molecule has 0 spiro atoms. The van der Waals surface area contributed by atoms with Crippen LogP contribution in [0.1, 0.15) is 18.4 Å². The van der Waals surface area contributed by atoms with Gasteiger partial charge in [-0.1, -0.05) is 12.1 Å². The fourth-order valence-electron chi connectivity index (χ4n) is 2.22. The maximum atomic E-state index is 12.3. The molecule has 1 fully saturated rings. The molecular weight excluding hydrogens is 300 g/mol. The molecule has 1 aromatic rings. The predicted molar refractivity (Wildman–Crippen MR) is 81.6 cm³/mol. The summed E-state index contributed by atoms with van der Waals surface area (Å²) in [5.74, 6) is 0.688. The number of hydrogen-bond donors (Lipinski definition) is 1. The summed E-state index contributed by atoms with van der Waals surface area (Å²) in [6, 6.07) is 7.29. The second-order valence-corrected chi connectivity index (χ2v) is 6.81. The SMILES string of the molecule is COc1cccc(CS(=O)(=O)N2CCC(N)CC2)c1.Cl. The third-order valence-electron chi connectivity index (χ3n) is 3.38. The highest BCUT2D eigenvalue weighted by molar-refractivity contribution is 7.88. The Morgan fingerprint density at radius 1 is 1.35 bits per heavy atom. The molecule has 1 aromatic carbocycles. The topological polar surface area (TPSA) is 72.6 Å². The first-order valence-electron chi connectivity index (χ1n) is 6.37. The van der Waals surface area contributed by atoms with Gasteiger partial charge in [-0.3, -0.25) is 0 Å². The molecule has 7 heteroatoms. The van der Waals surface area contributed by atoms with E-state index in [0.29, 0.717) is 18.8 Å². The van der Waals surface area contributed by atoms with Crippen LogP contribution in [0.15, 0.2) is 24.3 Å². The molecule has 1 saturated heterocycles. The van der Waals surface area contributed by atoms with E-state index in [4.69, 9.17) is 10.5 Å². The summed E-state index contributed by atoms with van der Waals surface area (Å²) in [4.78, 5) is 0. The molecule has 0 atom stereocenters. The Morgan fingerprint density at radius 2 is 2.00 bits per heavy atom. The van der Waals surface area contributed by atoms with Crippen LogP contribution >= 0.6 is 12.4 Å². The number of methoxy groups -OCH3 is 1. The van der Waals surface area contributed by atoms with Crippen molar-refractivity contribution >= 4 is 22.4 Å². The van der Waals surface area contributed by atoms with Gasteiger partial charge in [0.2, 0.25) is 10.0 Å². The zero-order valence-electron chi connectivity index (χ0n) is 11.5. The standard InChI is InChI=1S/C13H20N2O3S.ClH/c1-18-13-4-2-3-11(9-13)10-19(16,17)15-7-5-12(14)6-8-15;/h2-4,9,12H,5-8,10,14H2,1H3;1H. The van der Waals surface area contributed by atoms with Gasteiger partial charge in [-0.25, -0.2) is 12.7 Å². The summed E-state index contributed by atoms with van der Waals surface area (Å²) >= 11 is 0. The molecule has 1 aliphatic rings. The minimum absolute atomic E-state index is 0. The van der Waals surface area contributed by atoms with Crippen LogP contribution in [0.5, 0.6) is 5.75 Å². The first-order chi connectivity index (χ1) is 9.01. The summed E-state index contributed by atoms with van der Waals surface area (Å²) < 4.78 is 31.3. The highest BCUT2D eigenvalue weighted by Crippen LogP contribution is 2.19. The first-order valence-corrected chi connectivity index (χ1v) is 7.98. The number of ether oxygens (including phenoxy) is 1. The van der Waals surface area contributed by atoms with Crippen molar-refractivity contribution in [1.29, 1.82) is 0 Å². The van der Waals surface area contributed by atoms with Gasteiger partial charge >= 0.3 is 0 Å².